The molecule has 1 aliphatic rings. The molecule has 0 radical (unpaired) electrons. The van der Waals surface area contributed by atoms with E-state index < -0.39 is 0 Å². The largest absolute Gasteiger partial charge is 0.356 e. The number of hydrogen-bond acceptors (Lipinski definition) is 3. The summed E-state index contributed by atoms with van der Waals surface area (Å²) >= 11 is 3.35. The number of amides is 2. The van der Waals surface area contributed by atoms with Crippen LogP contribution in [0.2, 0.25) is 0 Å². The van der Waals surface area contributed by atoms with Gasteiger partial charge in [-0.1, -0.05) is 22.9 Å². The first kappa shape index (κ1) is 18.9. The van der Waals surface area contributed by atoms with Crippen molar-refractivity contribution in [3.05, 3.63) is 28.7 Å². The first-order chi connectivity index (χ1) is 11.5. The molecular weight excluding hydrogens is 370 g/mol. The molecule has 2 atom stereocenters. The number of piperidine rings is 1. The van der Waals surface area contributed by atoms with Gasteiger partial charge in [-0.25, -0.2) is 0 Å². The quantitative estimate of drug-likeness (QED) is 0.664. The zero-order valence-electron chi connectivity index (χ0n) is 14.1. The van der Waals surface area contributed by atoms with Crippen LogP contribution in [0.15, 0.2) is 28.7 Å². The number of carbonyl (C=O) groups excluding carboxylic acids is 2. The normalized spacial score (nSPS) is 18.7. The zero-order valence-corrected chi connectivity index (χ0v) is 15.7. The molecule has 6 heteroatoms. The lowest BCUT2D eigenvalue weighted by Crippen LogP contribution is -2.36. The number of benzene rings is 1. The van der Waals surface area contributed by atoms with Gasteiger partial charge in [0, 0.05) is 29.5 Å². The second-order valence-corrected chi connectivity index (χ2v) is 7.36. The van der Waals surface area contributed by atoms with Crippen LogP contribution in [-0.4, -0.2) is 31.4 Å². The Bertz CT molecular complexity index is 542. The van der Waals surface area contributed by atoms with Gasteiger partial charge in [0.15, 0.2) is 0 Å². The van der Waals surface area contributed by atoms with E-state index in [4.69, 9.17) is 0 Å². The number of hydrogen-bond donors (Lipinski definition) is 3. The number of anilines is 1. The Morgan fingerprint density at radius 3 is 2.71 bits per heavy atom. The Morgan fingerprint density at radius 1 is 1.29 bits per heavy atom. The molecule has 2 amide bonds. The van der Waals surface area contributed by atoms with Gasteiger partial charge in [0.25, 0.3) is 0 Å². The number of rotatable bonds is 7. The van der Waals surface area contributed by atoms with Crippen molar-refractivity contribution in [1.29, 1.82) is 0 Å². The standard InChI is InChI=1S/C18H26BrN3O2/c1-13(14-3-2-9-20-12-14)11-18(24)21-10-8-17(23)22-16-6-4-15(19)5-7-16/h4-7,13-14,20H,2-3,8-12H2,1H3,(H,21,24)(H,22,23). The molecule has 0 aliphatic carbocycles. The van der Waals surface area contributed by atoms with Crippen LogP contribution in [0.4, 0.5) is 5.69 Å². The predicted octanol–water partition coefficient (Wildman–Crippen LogP) is 2.92. The van der Waals surface area contributed by atoms with E-state index in [9.17, 15) is 9.59 Å². The van der Waals surface area contributed by atoms with Crippen molar-refractivity contribution in [1.82, 2.24) is 10.6 Å². The molecule has 1 aliphatic heterocycles. The molecule has 0 saturated carbocycles. The summed E-state index contributed by atoms with van der Waals surface area (Å²) in [7, 11) is 0. The molecule has 0 bridgehead atoms. The fourth-order valence-electron chi connectivity index (χ4n) is 2.97. The average molecular weight is 396 g/mol. The Balaban J connectivity index is 1.62. The van der Waals surface area contributed by atoms with E-state index in [2.05, 4.69) is 38.8 Å². The fraction of sp³-hybridized carbons (Fsp3) is 0.556. The first-order valence-corrected chi connectivity index (χ1v) is 9.36. The minimum Gasteiger partial charge on any atom is -0.356 e. The Kier molecular flexibility index (Phi) is 7.72. The summed E-state index contributed by atoms with van der Waals surface area (Å²) in [5.74, 6) is 0.881. The predicted molar refractivity (Wildman–Crippen MR) is 99.8 cm³/mol. The topological polar surface area (TPSA) is 70.2 Å². The van der Waals surface area contributed by atoms with E-state index in [1.54, 1.807) is 0 Å². The van der Waals surface area contributed by atoms with Gasteiger partial charge in [-0.2, -0.15) is 0 Å². The molecule has 2 unspecified atom stereocenters. The molecule has 0 aromatic heterocycles. The Hall–Kier alpha value is -1.40. The van der Waals surface area contributed by atoms with Crippen molar-refractivity contribution in [2.75, 3.05) is 25.0 Å². The van der Waals surface area contributed by atoms with Gasteiger partial charge >= 0.3 is 0 Å². The van der Waals surface area contributed by atoms with Crippen LogP contribution < -0.4 is 16.0 Å². The SMILES string of the molecule is CC(CC(=O)NCCC(=O)Nc1ccc(Br)cc1)C1CCCNC1. The highest BCUT2D eigenvalue weighted by Gasteiger charge is 2.21. The molecule has 1 aromatic carbocycles. The molecule has 1 fully saturated rings. The molecule has 0 spiro atoms. The van der Waals surface area contributed by atoms with Crippen molar-refractivity contribution in [3.63, 3.8) is 0 Å². The lowest BCUT2D eigenvalue weighted by atomic mass is 9.85. The number of nitrogens with one attached hydrogen (secondary N) is 3. The lowest BCUT2D eigenvalue weighted by molar-refractivity contribution is -0.122. The third-order valence-electron chi connectivity index (χ3n) is 4.45. The minimum atomic E-state index is -0.0952. The van der Waals surface area contributed by atoms with Crippen LogP contribution >= 0.6 is 15.9 Å². The van der Waals surface area contributed by atoms with E-state index in [0.29, 0.717) is 24.8 Å². The Morgan fingerprint density at radius 2 is 2.04 bits per heavy atom. The van der Waals surface area contributed by atoms with Crippen molar-refractivity contribution in [2.45, 2.75) is 32.6 Å². The third-order valence-corrected chi connectivity index (χ3v) is 4.98. The van der Waals surface area contributed by atoms with Crippen LogP contribution in [-0.2, 0) is 9.59 Å². The summed E-state index contributed by atoms with van der Waals surface area (Å²) in [6, 6.07) is 7.42. The summed E-state index contributed by atoms with van der Waals surface area (Å²) in [4.78, 5) is 23.9. The van der Waals surface area contributed by atoms with Gasteiger partial charge in [-0.05, 0) is 62.0 Å². The molecule has 2 rings (SSSR count). The van der Waals surface area contributed by atoms with Crippen molar-refractivity contribution >= 4 is 33.4 Å². The van der Waals surface area contributed by atoms with Crippen LogP contribution in [0.25, 0.3) is 0 Å². The highest BCUT2D eigenvalue weighted by molar-refractivity contribution is 9.10. The third kappa shape index (κ3) is 6.61. The summed E-state index contributed by atoms with van der Waals surface area (Å²) in [5, 5.41) is 9.05. The fourth-order valence-corrected chi connectivity index (χ4v) is 3.23. The molecule has 1 aromatic rings. The maximum absolute atomic E-state index is 12.0. The Labute approximate surface area is 152 Å². The van der Waals surface area contributed by atoms with Crippen molar-refractivity contribution < 1.29 is 9.59 Å². The van der Waals surface area contributed by atoms with Gasteiger partial charge in [0.2, 0.25) is 11.8 Å². The molecule has 1 saturated heterocycles. The van der Waals surface area contributed by atoms with Crippen LogP contribution in [0.1, 0.15) is 32.6 Å². The van der Waals surface area contributed by atoms with Crippen molar-refractivity contribution in [3.8, 4) is 0 Å². The lowest BCUT2D eigenvalue weighted by Gasteiger charge is -2.28. The van der Waals surface area contributed by atoms with Gasteiger partial charge in [-0.15, -0.1) is 0 Å². The minimum absolute atomic E-state index is 0.0320. The highest BCUT2D eigenvalue weighted by atomic mass is 79.9. The van der Waals surface area contributed by atoms with Gasteiger partial charge in [0.1, 0.15) is 0 Å². The number of carbonyl (C=O) groups is 2. The summed E-state index contributed by atoms with van der Waals surface area (Å²) < 4.78 is 0.968. The molecule has 5 nitrogen and oxygen atoms in total. The second kappa shape index (κ2) is 9.79. The van der Waals surface area contributed by atoms with E-state index >= 15 is 0 Å². The van der Waals surface area contributed by atoms with Gasteiger partial charge in [-0.3, -0.25) is 9.59 Å². The first-order valence-electron chi connectivity index (χ1n) is 8.57. The smallest absolute Gasteiger partial charge is 0.226 e. The summed E-state index contributed by atoms with van der Waals surface area (Å²) in [5.41, 5.74) is 0.757. The average Bonchev–Trinajstić information content (AvgIpc) is 2.57. The van der Waals surface area contributed by atoms with E-state index in [0.717, 1.165) is 23.2 Å². The number of halogens is 1. The van der Waals surface area contributed by atoms with Gasteiger partial charge < -0.3 is 16.0 Å². The zero-order chi connectivity index (χ0) is 17.4. The maximum Gasteiger partial charge on any atom is 0.226 e. The van der Waals surface area contributed by atoms with Crippen LogP contribution in [0.3, 0.4) is 0 Å². The van der Waals surface area contributed by atoms with E-state index in [1.165, 1.54) is 12.8 Å². The molecule has 24 heavy (non-hydrogen) atoms. The highest BCUT2D eigenvalue weighted by Crippen LogP contribution is 2.22. The van der Waals surface area contributed by atoms with Crippen molar-refractivity contribution in [2.24, 2.45) is 11.8 Å². The van der Waals surface area contributed by atoms with Gasteiger partial charge in [0.05, 0.1) is 0 Å². The summed E-state index contributed by atoms with van der Waals surface area (Å²) in [6.45, 7) is 4.60. The van der Waals surface area contributed by atoms with Crippen LogP contribution in [0.5, 0.6) is 0 Å². The maximum atomic E-state index is 12.0. The van der Waals surface area contributed by atoms with E-state index in [-0.39, 0.29) is 18.2 Å². The monoisotopic (exact) mass is 395 g/mol. The van der Waals surface area contributed by atoms with E-state index in [1.807, 2.05) is 24.3 Å². The van der Waals surface area contributed by atoms with Crippen LogP contribution in [0, 0.1) is 11.8 Å². The second-order valence-electron chi connectivity index (χ2n) is 6.44. The molecule has 3 N–H and O–H groups in total. The molecule has 1 heterocycles. The summed E-state index contributed by atoms with van der Waals surface area (Å²) in [6.07, 6.45) is 3.19. The molecule has 132 valence electrons. The molecular formula is C18H26BrN3O2.